The molecule has 0 aromatic rings. The van der Waals surface area contributed by atoms with Crippen LogP contribution < -0.4 is 0 Å². The van der Waals surface area contributed by atoms with E-state index in [4.69, 9.17) is 9.47 Å². The van der Waals surface area contributed by atoms with Crippen LogP contribution in [0.15, 0.2) is 0 Å². The third-order valence-electron chi connectivity index (χ3n) is 6.13. The van der Waals surface area contributed by atoms with E-state index in [2.05, 4.69) is 11.8 Å². The zero-order valence-electron chi connectivity index (χ0n) is 18.0. The van der Waals surface area contributed by atoms with E-state index < -0.39 is 5.60 Å². The molecular weight excluding hydrogens is 358 g/mol. The fraction of sp³-hybridized carbons (Fsp3) is 0.905. The standard InChI is InChI=1S/C21H37N3O4/c1-5-18-14-16(7-13-27-18)19(25)23-11-9-22(10-12-23)17-6-8-24(15-17)20(26)28-21(2,3)4/h16-18H,5-15H2,1-4H3/t16-,17-,18+/m0/s1. The van der Waals surface area contributed by atoms with Crippen LogP contribution in [-0.2, 0) is 14.3 Å². The molecule has 3 rings (SSSR count). The van der Waals surface area contributed by atoms with Gasteiger partial charge in [0.15, 0.2) is 0 Å². The van der Waals surface area contributed by atoms with E-state index in [1.807, 2.05) is 30.6 Å². The molecule has 3 heterocycles. The summed E-state index contributed by atoms with van der Waals surface area (Å²) in [4.78, 5) is 31.5. The average molecular weight is 396 g/mol. The Morgan fingerprint density at radius 2 is 1.75 bits per heavy atom. The molecule has 3 fully saturated rings. The first-order valence-electron chi connectivity index (χ1n) is 10.9. The van der Waals surface area contributed by atoms with Crippen LogP contribution in [0.3, 0.4) is 0 Å². The van der Waals surface area contributed by atoms with Crippen LogP contribution in [0.2, 0.25) is 0 Å². The fourth-order valence-corrected chi connectivity index (χ4v) is 4.49. The molecule has 0 unspecified atom stereocenters. The molecule has 7 heteroatoms. The van der Waals surface area contributed by atoms with Crippen LogP contribution in [0.25, 0.3) is 0 Å². The second kappa shape index (κ2) is 8.99. The van der Waals surface area contributed by atoms with Crippen molar-refractivity contribution < 1.29 is 19.1 Å². The Hall–Kier alpha value is -1.34. The van der Waals surface area contributed by atoms with Crippen molar-refractivity contribution in [1.82, 2.24) is 14.7 Å². The molecule has 7 nitrogen and oxygen atoms in total. The topological polar surface area (TPSA) is 62.3 Å². The molecule has 0 saturated carbocycles. The Morgan fingerprint density at radius 3 is 2.39 bits per heavy atom. The number of carbonyl (C=O) groups excluding carboxylic acids is 2. The molecule has 160 valence electrons. The van der Waals surface area contributed by atoms with Gasteiger partial charge in [0.05, 0.1) is 6.10 Å². The van der Waals surface area contributed by atoms with Gasteiger partial charge in [0.25, 0.3) is 0 Å². The number of amides is 2. The maximum atomic E-state index is 12.9. The van der Waals surface area contributed by atoms with Crippen molar-refractivity contribution in [2.45, 2.75) is 71.1 Å². The number of likely N-dealkylation sites (tertiary alicyclic amines) is 1. The summed E-state index contributed by atoms with van der Waals surface area (Å²) in [7, 11) is 0. The minimum Gasteiger partial charge on any atom is -0.444 e. The molecule has 3 saturated heterocycles. The predicted octanol–water partition coefficient (Wildman–Crippen LogP) is 2.35. The summed E-state index contributed by atoms with van der Waals surface area (Å²) in [5, 5.41) is 0. The monoisotopic (exact) mass is 395 g/mol. The van der Waals surface area contributed by atoms with Crippen molar-refractivity contribution >= 4 is 12.0 Å². The molecule has 28 heavy (non-hydrogen) atoms. The SMILES string of the molecule is CC[C@@H]1C[C@@H](C(=O)N2CCN([C@H]3CCN(C(=O)OC(C)(C)C)C3)CC2)CCO1. The number of carbonyl (C=O) groups is 2. The fourth-order valence-electron chi connectivity index (χ4n) is 4.49. The van der Waals surface area contributed by atoms with Crippen molar-refractivity contribution in [3.63, 3.8) is 0 Å². The van der Waals surface area contributed by atoms with Crippen molar-refractivity contribution in [3.05, 3.63) is 0 Å². The molecule has 0 N–H and O–H groups in total. The number of piperazine rings is 1. The van der Waals surface area contributed by atoms with Gasteiger partial charge < -0.3 is 19.3 Å². The molecule has 0 aliphatic carbocycles. The highest BCUT2D eigenvalue weighted by atomic mass is 16.6. The van der Waals surface area contributed by atoms with E-state index in [0.717, 1.165) is 65.0 Å². The highest BCUT2D eigenvalue weighted by Crippen LogP contribution is 2.25. The Kier molecular flexibility index (Phi) is 6.86. The highest BCUT2D eigenvalue weighted by Gasteiger charge is 2.36. The molecule has 0 bridgehead atoms. The summed E-state index contributed by atoms with van der Waals surface area (Å²) in [6.07, 6.45) is 3.69. The molecule has 0 aromatic carbocycles. The van der Waals surface area contributed by atoms with Crippen LogP contribution in [0.5, 0.6) is 0 Å². The lowest BCUT2D eigenvalue weighted by molar-refractivity contribution is -0.142. The number of hydrogen-bond donors (Lipinski definition) is 0. The summed E-state index contributed by atoms with van der Waals surface area (Å²) in [6.45, 7) is 13.3. The van der Waals surface area contributed by atoms with Gasteiger partial charge in [-0.1, -0.05) is 6.92 Å². The summed E-state index contributed by atoms with van der Waals surface area (Å²) in [6, 6.07) is 0.373. The summed E-state index contributed by atoms with van der Waals surface area (Å²) >= 11 is 0. The van der Waals surface area contributed by atoms with E-state index >= 15 is 0 Å². The van der Waals surface area contributed by atoms with Crippen molar-refractivity contribution in [2.24, 2.45) is 5.92 Å². The minimum atomic E-state index is -0.456. The Bertz CT molecular complexity index is 554. The van der Waals surface area contributed by atoms with Crippen LogP contribution in [0.4, 0.5) is 4.79 Å². The van der Waals surface area contributed by atoms with Gasteiger partial charge in [0, 0.05) is 57.8 Å². The van der Waals surface area contributed by atoms with Gasteiger partial charge in [-0.25, -0.2) is 4.79 Å². The normalized spacial score (nSPS) is 29.8. The molecule has 2 amide bonds. The minimum absolute atomic E-state index is 0.124. The van der Waals surface area contributed by atoms with Crippen LogP contribution in [0, 0.1) is 5.92 Å². The number of rotatable bonds is 3. The molecule has 0 spiro atoms. The lowest BCUT2D eigenvalue weighted by Crippen LogP contribution is -2.54. The third kappa shape index (κ3) is 5.38. The van der Waals surface area contributed by atoms with Gasteiger partial charge in [0.2, 0.25) is 5.91 Å². The zero-order valence-corrected chi connectivity index (χ0v) is 18.0. The second-order valence-corrected chi connectivity index (χ2v) is 9.35. The maximum Gasteiger partial charge on any atom is 0.410 e. The number of nitrogens with zero attached hydrogens (tertiary/aromatic N) is 3. The van der Waals surface area contributed by atoms with Gasteiger partial charge in [-0.2, -0.15) is 0 Å². The van der Waals surface area contributed by atoms with E-state index in [1.165, 1.54) is 0 Å². The van der Waals surface area contributed by atoms with E-state index in [9.17, 15) is 9.59 Å². The van der Waals surface area contributed by atoms with Crippen molar-refractivity contribution in [1.29, 1.82) is 0 Å². The lowest BCUT2D eigenvalue weighted by atomic mass is 9.93. The summed E-state index contributed by atoms with van der Waals surface area (Å²) in [5.74, 6) is 0.433. The molecule has 3 aliphatic rings. The maximum absolute atomic E-state index is 12.9. The average Bonchev–Trinajstić information content (AvgIpc) is 3.17. The molecule has 0 radical (unpaired) electrons. The van der Waals surface area contributed by atoms with Crippen molar-refractivity contribution in [2.75, 3.05) is 45.9 Å². The van der Waals surface area contributed by atoms with E-state index in [-0.39, 0.29) is 18.1 Å². The Labute approximate surface area is 169 Å². The predicted molar refractivity (Wildman–Crippen MR) is 107 cm³/mol. The first kappa shape index (κ1) is 21.4. The largest absolute Gasteiger partial charge is 0.444 e. The van der Waals surface area contributed by atoms with Crippen LogP contribution >= 0.6 is 0 Å². The first-order valence-corrected chi connectivity index (χ1v) is 10.9. The molecule has 0 aromatic heterocycles. The quantitative estimate of drug-likeness (QED) is 0.734. The molecule has 3 aliphatic heterocycles. The third-order valence-corrected chi connectivity index (χ3v) is 6.13. The van der Waals surface area contributed by atoms with E-state index in [1.54, 1.807) is 0 Å². The summed E-state index contributed by atoms with van der Waals surface area (Å²) < 4.78 is 11.2. The smallest absolute Gasteiger partial charge is 0.410 e. The van der Waals surface area contributed by atoms with Gasteiger partial charge in [-0.15, -0.1) is 0 Å². The molecular formula is C21H37N3O4. The summed E-state index contributed by atoms with van der Waals surface area (Å²) in [5.41, 5.74) is -0.456. The van der Waals surface area contributed by atoms with Crippen LogP contribution in [0.1, 0.15) is 53.4 Å². The number of ether oxygens (including phenoxy) is 2. The van der Waals surface area contributed by atoms with Gasteiger partial charge in [-0.05, 0) is 46.5 Å². The molecule has 3 atom stereocenters. The van der Waals surface area contributed by atoms with E-state index in [0.29, 0.717) is 18.6 Å². The number of hydrogen-bond acceptors (Lipinski definition) is 5. The van der Waals surface area contributed by atoms with Crippen molar-refractivity contribution in [3.8, 4) is 0 Å². The lowest BCUT2D eigenvalue weighted by Gasteiger charge is -2.40. The van der Waals surface area contributed by atoms with Crippen LogP contribution in [-0.4, -0.2) is 90.3 Å². The Morgan fingerprint density at radius 1 is 1.04 bits per heavy atom. The second-order valence-electron chi connectivity index (χ2n) is 9.35. The first-order chi connectivity index (χ1) is 13.3. The zero-order chi connectivity index (χ0) is 20.3. The highest BCUT2D eigenvalue weighted by molar-refractivity contribution is 5.79. The van der Waals surface area contributed by atoms with Gasteiger partial charge >= 0.3 is 6.09 Å². The van der Waals surface area contributed by atoms with Gasteiger partial charge in [0.1, 0.15) is 5.60 Å². The van der Waals surface area contributed by atoms with Gasteiger partial charge in [-0.3, -0.25) is 9.69 Å². The Balaban J connectivity index is 1.44.